The van der Waals surface area contributed by atoms with Crippen molar-refractivity contribution in [2.24, 2.45) is 11.8 Å². The van der Waals surface area contributed by atoms with Crippen molar-refractivity contribution in [1.29, 1.82) is 0 Å². The lowest BCUT2D eigenvalue weighted by Gasteiger charge is -2.38. The molecule has 0 saturated carbocycles. The molecule has 1 aliphatic heterocycles. The van der Waals surface area contributed by atoms with Crippen molar-refractivity contribution in [2.45, 2.75) is 33.1 Å². The smallest absolute Gasteiger partial charge is 0.336 e. The van der Waals surface area contributed by atoms with Gasteiger partial charge in [-0.25, -0.2) is 4.79 Å². The fourth-order valence-electron chi connectivity index (χ4n) is 4.66. The number of hydrogen-bond donors (Lipinski definition) is 1. The van der Waals surface area contributed by atoms with Crippen LogP contribution in [0.1, 0.15) is 38.7 Å². The van der Waals surface area contributed by atoms with Gasteiger partial charge in [-0.15, -0.1) is 0 Å². The number of anilines is 1. The molecule has 184 valence electrons. The molecule has 8 heteroatoms. The maximum atomic E-state index is 13.7. The number of allylic oxidation sites excluding steroid dienone is 3. The molecule has 1 heterocycles. The van der Waals surface area contributed by atoms with Gasteiger partial charge in [0.05, 0.1) is 19.3 Å². The highest BCUT2D eigenvalue weighted by molar-refractivity contribution is 6.12. The Morgan fingerprint density at radius 1 is 1.15 bits per heavy atom. The van der Waals surface area contributed by atoms with Gasteiger partial charge in [-0.05, 0) is 43.9 Å². The van der Waals surface area contributed by atoms with Crippen LogP contribution in [0.4, 0.5) is 5.69 Å². The fourth-order valence-corrected chi connectivity index (χ4v) is 4.66. The second-order valence-corrected chi connectivity index (χ2v) is 8.85. The number of ether oxygens (including phenoxy) is 3. The Bertz CT molecular complexity index is 1010. The second kappa shape index (κ2) is 10.9. The van der Waals surface area contributed by atoms with E-state index in [0.717, 1.165) is 16.9 Å². The van der Waals surface area contributed by atoms with E-state index in [4.69, 9.17) is 14.2 Å². The van der Waals surface area contributed by atoms with E-state index >= 15 is 0 Å². The lowest BCUT2D eigenvalue weighted by Crippen LogP contribution is -2.43. The number of nitrogens with one attached hydrogen (secondary N) is 1. The molecule has 0 bridgehead atoms. The number of Topliss-reactive ketones (excluding diaryl/α,β-unsaturated/α-hetero) is 1. The maximum Gasteiger partial charge on any atom is 0.336 e. The van der Waals surface area contributed by atoms with Gasteiger partial charge >= 0.3 is 11.9 Å². The summed E-state index contributed by atoms with van der Waals surface area (Å²) in [4.78, 5) is 41.4. The van der Waals surface area contributed by atoms with Gasteiger partial charge < -0.3 is 24.4 Å². The van der Waals surface area contributed by atoms with Crippen LogP contribution in [0.2, 0.25) is 0 Å². The zero-order chi connectivity index (χ0) is 25.0. The molecular weight excluding hydrogens is 436 g/mol. The van der Waals surface area contributed by atoms with Crippen molar-refractivity contribution in [3.05, 3.63) is 52.4 Å². The summed E-state index contributed by atoms with van der Waals surface area (Å²) in [5, 5.41) is 3.26. The molecule has 0 saturated heterocycles. The fraction of sp³-hybridized carbons (Fsp3) is 0.500. The Morgan fingerprint density at radius 3 is 2.41 bits per heavy atom. The second-order valence-electron chi connectivity index (χ2n) is 8.85. The van der Waals surface area contributed by atoms with Gasteiger partial charge in [0, 0.05) is 49.3 Å². The van der Waals surface area contributed by atoms with E-state index in [9.17, 15) is 14.4 Å². The minimum atomic E-state index is -0.914. The zero-order valence-corrected chi connectivity index (χ0v) is 20.8. The number of esters is 2. The summed E-state index contributed by atoms with van der Waals surface area (Å²) in [7, 11) is 5.17. The molecule has 1 aromatic rings. The lowest BCUT2D eigenvalue weighted by atomic mass is 9.69. The van der Waals surface area contributed by atoms with Crippen LogP contribution in [0.25, 0.3) is 0 Å². The molecule has 1 aromatic carbocycles. The van der Waals surface area contributed by atoms with Crippen LogP contribution in [0.15, 0.2) is 46.8 Å². The molecule has 0 amide bonds. The van der Waals surface area contributed by atoms with Crippen molar-refractivity contribution in [2.75, 3.05) is 45.9 Å². The van der Waals surface area contributed by atoms with Gasteiger partial charge in [-0.3, -0.25) is 9.59 Å². The highest BCUT2D eigenvalue weighted by Crippen LogP contribution is 2.45. The van der Waals surface area contributed by atoms with E-state index in [2.05, 4.69) is 5.32 Å². The summed E-state index contributed by atoms with van der Waals surface area (Å²) < 4.78 is 15.7. The third-order valence-corrected chi connectivity index (χ3v) is 6.37. The summed E-state index contributed by atoms with van der Waals surface area (Å²) in [5.74, 6) is -3.18. The average molecular weight is 471 g/mol. The van der Waals surface area contributed by atoms with E-state index in [0.29, 0.717) is 36.5 Å². The Kier molecular flexibility index (Phi) is 8.15. The first kappa shape index (κ1) is 25.5. The zero-order valence-electron chi connectivity index (χ0n) is 20.8. The van der Waals surface area contributed by atoms with Crippen LogP contribution >= 0.6 is 0 Å². The molecule has 3 atom stereocenters. The van der Waals surface area contributed by atoms with E-state index in [1.165, 1.54) is 7.11 Å². The highest BCUT2D eigenvalue weighted by Gasteiger charge is 2.47. The number of rotatable bonds is 8. The number of benzene rings is 1. The minimum Gasteiger partial charge on any atom is -0.468 e. The lowest BCUT2D eigenvalue weighted by molar-refractivity contribution is -0.151. The van der Waals surface area contributed by atoms with Gasteiger partial charge in [0.15, 0.2) is 5.78 Å². The van der Waals surface area contributed by atoms with Crippen LogP contribution in [0.3, 0.4) is 0 Å². The SMILES string of the molecule is CCOCCOC(=O)C1=C(C)NC2=C(C(=O)[C@H](C(=O)OC)[C@@H](C)C2)[C@H]1c1ccc(N(C)C)cc1. The van der Waals surface area contributed by atoms with Crippen molar-refractivity contribution >= 4 is 23.4 Å². The summed E-state index contributed by atoms with van der Waals surface area (Å²) >= 11 is 0. The van der Waals surface area contributed by atoms with Gasteiger partial charge in [0.25, 0.3) is 0 Å². The Morgan fingerprint density at radius 2 is 1.82 bits per heavy atom. The molecule has 3 rings (SSSR count). The molecule has 0 unspecified atom stereocenters. The normalized spacial score (nSPS) is 22.2. The maximum absolute atomic E-state index is 13.7. The molecule has 1 aliphatic carbocycles. The van der Waals surface area contributed by atoms with Crippen molar-refractivity contribution < 1.29 is 28.6 Å². The van der Waals surface area contributed by atoms with Gasteiger partial charge in [0.1, 0.15) is 12.5 Å². The summed E-state index contributed by atoms with van der Waals surface area (Å²) in [6, 6.07) is 7.71. The van der Waals surface area contributed by atoms with Gasteiger partial charge in [0.2, 0.25) is 0 Å². The first-order valence-electron chi connectivity index (χ1n) is 11.6. The van der Waals surface area contributed by atoms with E-state index in [-0.39, 0.29) is 18.3 Å². The molecular formula is C26H34N2O6. The molecule has 0 fully saturated rings. The standard InChI is InChI=1S/C26H34N2O6/c1-7-33-12-13-34-26(31)21-16(3)27-19-14-15(2)20(25(30)32-6)24(29)23(19)22(21)17-8-10-18(11-9-17)28(4)5/h8-11,15,20,22,27H,7,12-14H2,1-6H3/t15-,20+,22-/m0/s1. The highest BCUT2D eigenvalue weighted by atomic mass is 16.6. The predicted molar refractivity (Wildman–Crippen MR) is 128 cm³/mol. The number of dihydropyridines is 1. The quantitative estimate of drug-likeness (QED) is 0.352. The van der Waals surface area contributed by atoms with Crippen molar-refractivity contribution in [3.63, 3.8) is 0 Å². The number of carbonyl (C=O) groups excluding carboxylic acids is 3. The minimum absolute atomic E-state index is 0.109. The molecule has 2 aliphatic rings. The molecule has 8 nitrogen and oxygen atoms in total. The van der Waals surface area contributed by atoms with Gasteiger partial charge in [-0.1, -0.05) is 19.1 Å². The number of hydrogen-bond acceptors (Lipinski definition) is 8. The first-order valence-corrected chi connectivity index (χ1v) is 11.6. The predicted octanol–water partition coefficient (Wildman–Crippen LogP) is 2.95. The van der Waals surface area contributed by atoms with Crippen LogP contribution < -0.4 is 10.2 Å². The number of nitrogens with zero attached hydrogens (tertiary/aromatic N) is 1. The van der Waals surface area contributed by atoms with E-state index in [1.807, 2.05) is 64.0 Å². The number of ketones is 1. The van der Waals surface area contributed by atoms with E-state index in [1.54, 1.807) is 0 Å². The van der Waals surface area contributed by atoms with Crippen molar-refractivity contribution in [1.82, 2.24) is 5.32 Å². The van der Waals surface area contributed by atoms with Crippen LogP contribution in [-0.4, -0.2) is 58.7 Å². The summed E-state index contributed by atoms with van der Waals surface area (Å²) in [6.45, 7) is 6.47. The molecule has 0 spiro atoms. The number of methoxy groups -OCH3 is 1. The van der Waals surface area contributed by atoms with Crippen LogP contribution in [0, 0.1) is 11.8 Å². The van der Waals surface area contributed by atoms with Crippen molar-refractivity contribution in [3.8, 4) is 0 Å². The van der Waals surface area contributed by atoms with Crippen LogP contribution in [-0.2, 0) is 28.6 Å². The summed E-state index contributed by atoms with van der Waals surface area (Å²) in [6.07, 6.45) is 0.497. The third kappa shape index (κ3) is 5.01. The summed E-state index contributed by atoms with van der Waals surface area (Å²) in [5.41, 5.74) is 3.93. The average Bonchev–Trinajstić information content (AvgIpc) is 2.80. The molecule has 1 N–H and O–H groups in total. The third-order valence-electron chi connectivity index (χ3n) is 6.37. The van der Waals surface area contributed by atoms with E-state index < -0.39 is 23.8 Å². The Labute approximate surface area is 200 Å². The molecule has 0 aromatic heterocycles. The topological polar surface area (TPSA) is 94.2 Å². The Balaban J connectivity index is 2.08. The largest absolute Gasteiger partial charge is 0.468 e. The van der Waals surface area contributed by atoms with Gasteiger partial charge in [-0.2, -0.15) is 0 Å². The van der Waals surface area contributed by atoms with Crippen LogP contribution in [0.5, 0.6) is 0 Å². The Hall–Kier alpha value is -3.13. The molecule has 0 radical (unpaired) electrons. The molecule has 34 heavy (non-hydrogen) atoms. The first-order chi connectivity index (χ1) is 16.2. The monoisotopic (exact) mass is 470 g/mol. The number of carbonyl (C=O) groups is 3.